The highest BCUT2D eigenvalue weighted by Crippen LogP contribution is 2.10. The highest BCUT2D eigenvalue weighted by molar-refractivity contribution is 5.20. The maximum atomic E-state index is 11.4. The van der Waals surface area contributed by atoms with Crippen molar-refractivity contribution < 1.29 is 0 Å². The molecule has 1 aliphatic rings. The molecule has 0 aliphatic carbocycles. The van der Waals surface area contributed by atoms with Gasteiger partial charge in [-0.2, -0.15) is 0 Å². The minimum atomic E-state index is 0.140. The van der Waals surface area contributed by atoms with Gasteiger partial charge in [-0.25, -0.2) is 0 Å². The molecule has 0 spiro atoms. The van der Waals surface area contributed by atoms with E-state index in [1.807, 2.05) is 20.0 Å². The maximum absolute atomic E-state index is 11.4. The molecule has 1 fully saturated rings. The van der Waals surface area contributed by atoms with Crippen LogP contribution in [0.4, 0.5) is 0 Å². The Balaban J connectivity index is 2.35. The van der Waals surface area contributed by atoms with Crippen LogP contribution in [0.5, 0.6) is 0 Å². The lowest BCUT2D eigenvalue weighted by Crippen LogP contribution is -2.40. The summed E-state index contributed by atoms with van der Waals surface area (Å²) in [6, 6.07) is 1.66. The second-order valence-electron chi connectivity index (χ2n) is 4.25. The topological polar surface area (TPSA) is 25.2 Å². The molecule has 0 N–H and O–H groups in total. The van der Waals surface area contributed by atoms with E-state index in [1.54, 1.807) is 6.07 Å². The lowest BCUT2D eigenvalue weighted by molar-refractivity contribution is 0.470. The van der Waals surface area contributed by atoms with Crippen molar-refractivity contribution in [2.45, 2.75) is 33.1 Å². The minimum Gasteiger partial charge on any atom is -0.313 e. The lowest BCUT2D eigenvalue weighted by Gasteiger charge is -2.32. The van der Waals surface area contributed by atoms with Crippen LogP contribution in [-0.2, 0) is 0 Å². The van der Waals surface area contributed by atoms with Crippen molar-refractivity contribution in [2.24, 2.45) is 0 Å². The van der Waals surface area contributed by atoms with E-state index in [0.717, 1.165) is 24.3 Å². The Kier molecular flexibility index (Phi) is 2.80. The summed E-state index contributed by atoms with van der Waals surface area (Å²) in [5, 5.41) is 2.32. The number of pyridine rings is 1. The highest BCUT2D eigenvalue weighted by atomic mass is 16.1. The van der Waals surface area contributed by atoms with Gasteiger partial charge in [-0.15, -0.1) is 0 Å². The third-order valence-electron chi connectivity index (χ3n) is 3.26. The van der Waals surface area contributed by atoms with Gasteiger partial charge in [0.2, 0.25) is 0 Å². The summed E-state index contributed by atoms with van der Waals surface area (Å²) >= 11 is 0. The molecular formula is C12H18N2O. The van der Waals surface area contributed by atoms with Gasteiger partial charge >= 0.3 is 0 Å². The molecular weight excluding hydrogens is 188 g/mol. The van der Waals surface area contributed by atoms with Crippen molar-refractivity contribution in [3.8, 4) is 0 Å². The van der Waals surface area contributed by atoms with Gasteiger partial charge in [0.15, 0.2) is 5.43 Å². The first kappa shape index (κ1) is 10.3. The number of hydrogen-bond donors (Lipinski definition) is 0. The van der Waals surface area contributed by atoms with Gasteiger partial charge in [-0.05, 0) is 33.1 Å². The second kappa shape index (κ2) is 4.09. The molecule has 2 heterocycles. The van der Waals surface area contributed by atoms with Crippen LogP contribution in [0.2, 0.25) is 0 Å². The molecule has 1 saturated heterocycles. The molecule has 2 rings (SSSR count). The van der Waals surface area contributed by atoms with Crippen molar-refractivity contribution in [1.82, 2.24) is 4.68 Å². The summed E-state index contributed by atoms with van der Waals surface area (Å²) in [6.07, 6.45) is 5.74. The second-order valence-corrected chi connectivity index (χ2v) is 4.25. The Hall–Kier alpha value is -1.25. The predicted octanol–water partition coefficient (Wildman–Crippen LogP) is 1.59. The third-order valence-corrected chi connectivity index (χ3v) is 3.26. The fourth-order valence-electron chi connectivity index (χ4n) is 2.12. The fourth-order valence-corrected chi connectivity index (χ4v) is 2.12. The number of hydrogen-bond acceptors (Lipinski definition) is 2. The predicted molar refractivity (Wildman–Crippen MR) is 62.0 cm³/mol. The van der Waals surface area contributed by atoms with Gasteiger partial charge < -0.3 is 5.01 Å². The molecule has 1 aromatic heterocycles. The van der Waals surface area contributed by atoms with Gasteiger partial charge in [0.05, 0.1) is 0 Å². The molecule has 0 atom stereocenters. The van der Waals surface area contributed by atoms with Crippen molar-refractivity contribution in [3.05, 3.63) is 33.7 Å². The van der Waals surface area contributed by atoms with Crippen LogP contribution < -0.4 is 10.4 Å². The van der Waals surface area contributed by atoms with E-state index in [4.69, 9.17) is 0 Å². The minimum absolute atomic E-state index is 0.140. The van der Waals surface area contributed by atoms with Crippen LogP contribution >= 0.6 is 0 Å². The van der Waals surface area contributed by atoms with E-state index in [2.05, 4.69) is 9.69 Å². The number of aromatic nitrogens is 1. The Morgan fingerprint density at radius 3 is 2.47 bits per heavy atom. The lowest BCUT2D eigenvalue weighted by atomic mass is 10.1. The van der Waals surface area contributed by atoms with Crippen molar-refractivity contribution in [3.63, 3.8) is 0 Å². The van der Waals surface area contributed by atoms with E-state index >= 15 is 0 Å². The zero-order chi connectivity index (χ0) is 10.8. The van der Waals surface area contributed by atoms with E-state index in [9.17, 15) is 4.79 Å². The van der Waals surface area contributed by atoms with Gasteiger partial charge in [-0.3, -0.25) is 9.47 Å². The molecule has 0 aromatic carbocycles. The zero-order valence-electron chi connectivity index (χ0n) is 9.49. The van der Waals surface area contributed by atoms with Crippen LogP contribution in [-0.4, -0.2) is 17.8 Å². The molecule has 0 radical (unpaired) electrons. The molecule has 0 bridgehead atoms. The van der Waals surface area contributed by atoms with E-state index in [-0.39, 0.29) is 5.43 Å². The number of rotatable bonds is 1. The molecule has 15 heavy (non-hydrogen) atoms. The van der Waals surface area contributed by atoms with E-state index in [1.165, 1.54) is 19.3 Å². The zero-order valence-corrected chi connectivity index (χ0v) is 9.49. The average Bonchev–Trinajstić information content (AvgIpc) is 2.27. The van der Waals surface area contributed by atoms with Gasteiger partial charge in [0.25, 0.3) is 0 Å². The van der Waals surface area contributed by atoms with Crippen LogP contribution in [0.1, 0.15) is 30.5 Å². The molecule has 1 aromatic rings. The first-order valence-electron chi connectivity index (χ1n) is 5.64. The van der Waals surface area contributed by atoms with Crippen molar-refractivity contribution in [2.75, 3.05) is 18.1 Å². The molecule has 0 unspecified atom stereocenters. The highest BCUT2D eigenvalue weighted by Gasteiger charge is 2.12. The van der Waals surface area contributed by atoms with E-state index < -0.39 is 0 Å². The molecule has 82 valence electrons. The standard InChI is InChI=1S/C12H18N2O/c1-10-11(2)14(9-6-12(10)15)13-7-4-3-5-8-13/h6,9H,3-5,7-8H2,1-2H3. The summed E-state index contributed by atoms with van der Waals surface area (Å²) < 4.78 is 2.13. The van der Waals surface area contributed by atoms with Gasteiger partial charge in [0, 0.05) is 36.6 Å². The summed E-state index contributed by atoms with van der Waals surface area (Å²) in [6.45, 7) is 6.12. The van der Waals surface area contributed by atoms with E-state index in [0.29, 0.717) is 0 Å². The van der Waals surface area contributed by atoms with Gasteiger partial charge in [-0.1, -0.05) is 0 Å². The van der Waals surface area contributed by atoms with Crippen LogP contribution in [0, 0.1) is 13.8 Å². The summed E-state index contributed by atoms with van der Waals surface area (Å²) in [4.78, 5) is 11.4. The van der Waals surface area contributed by atoms with Gasteiger partial charge in [0.1, 0.15) is 0 Å². The number of piperidine rings is 1. The van der Waals surface area contributed by atoms with Crippen LogP contribution in [0.25, 0.3) is 0 Å². The Bertz CT molecular complexity index is 403. The average molecular weight is 206 g/mol. The molecule has 0 saturated carbocycles. The molecule has 0 amide bonds. The Morgan fingerprint density at radius 2 is 1.80 bits per heavy atom. The number of nitrogens with zero attached hydrogens (tertiary/aromatic N) is 2. The normalized spacial score (nSPS) is 16.8. The molecule has 1 aliphatic heterocycles. The van der Waals surface area contributed by atoms with Crippen LogP contribution in [0.3, 0.4) is 0 Å². The SMILES string of the molecule is Cc1c(C)n(N2CCCCC2)ccc1=O. The Labute approximate surface area is 90.3 Å². The largest absolute Gasteiger partial charge is 0.313 e. The maximum Gasteiger partial charge on any atom is 0.184 e. The van der Waals surface area contributed by atoms with Crippen LogP contribution in [0.15, 0.2) is 17.1 Å². The smallest absolute Gasteiger partial charge is 0.184 e. The Morgan fingerprint density at radius 1 is 1.13 bits per heavy atom. The summed E-state index contributed by atoms with van der Waals surface area (Å²) in [5.41, 5.74) is 2.08. The molecule has 3 nitrogen and oxygen atoms in total. The third kappa shape index (κ3) is 1.91. The fraction of sp³-hybridized carbons (Fsp3) is 0.583. The monoisotopic (exact) mass is 206 g/mol. The van der Waals surface area contributed by atoms with Crippen molar-refractivity contribution in [1.29, 1.82) is 0 Å². The van der Waals surface area contributed by atoms with Crippen molar-refractivity contribution >= 4 is 0 Å². The summed E-state index contributed by atoms with van der Waals surface area (Å²) in [5.74, 6) is 0. The first-order valence-corrected chi connectivity index (χ1v) is 5.64. The molecule has 3 heteroatoms. The first-order chi connectivity index (χ1) is 7.20. The quantitative estimate of drug-likeness (QED) is 0.697. The summed E-state index contributed by atoms with van der Waals surface area (Å²) in [7, 11) is 0.